The van der Waals surface area contributed by atoms with Crippen LogP contribution in [-0.2, 0) is 0 Å². The molecule has 0 rings (SSSR count). The fraction of sp³-hybridized carbons (Fsp3) is 0.500. The second-order valence-electron chi connectivity index (χ2n) is 0.362. The highest BCUT2D eigenvalue weighted by Crippen LogP contribution is 1.22. The van der Waals surface area contributed by atoms with Crippen LogP contribution in [-0.4, -0.2) is 20.3 Å². The van der Waals surface area contributed by atoms with E-state index in [2.05, 4.69) is 0 Å². The first kappa shape index (κ1) is 3.96. The average Bonchev–Trinajstić information content (AvgIpc) is 1.37. The summed E-state index contributed by atoms with van der Waals surface area (Å²) in [5.74, 6) is 0. The first-order valence-corrected chi connectivity index (χ1v) is 2.24. The van der Waals surface area contributed by atoms with E-state index < -0.39 is 0 Å². The van der Waals surface area contributed by atoms with E-state index in [1.165, 1.54) is 0 Å². The van der Waals surface area contributed by atoms with Gasteiger partial charge in [0.25, 0.3) is 0 Å². The Bertz CT molecular complexity index is 35.8. The molecule has 2 heteroatoms. The van der Waals surface area contributed by atoms with Gasteiger partial charge in [-0.15, -0.1) is 0 Å². The minimum Gasteiger partial charge on any atom is -0.390 e. The van der Waals surface area contributed by atoms with Crippen molar-refractivity contribution in [2.24, 2.45) is 0 Å². The standard InChI is InChI=1S/C2H4OSi/c1-4-2-3/h1,3H,2H2. The SMILES string of the molecule is C#[Si]CO. The minimum atomic E-state index is 0.125. The van der Waals surface area contributed by atoms with Crippen molar-refractivity contribution in [2.45, 2.75) is 0 Å². The van der Waals surface area contributed by atoms with Gasteiger partial charge >= 0.3 is 0 Å². The largest absolute Gasteiger partial charge is 0.390 e. The third-order valence-electron chi connectivity index (χ3n) is 0.0913. The Morgan fingerprint density at radius 2 is 2.25 bits per heavy atom. The summed E-state index contributed by atoms with van der Waals surface area (Å²) in [5, 5.41) is 7.76. The van der Waals surface area contributed by atoms with Gasteiger partial charge < -0.3 is 5.11 Å². The number of rotatable bonds is 0. The first-order chi connectivity index (χ1) is 1.91. The Balaban J connectivity index is 2.43. The summed E-state index contributed by atoms with van der Waals surface area (Å²) in [5.41, 5.74) is 0. The smallest absolute Gasteiger partial charge is 0.0806 e. The molecule has 4 heavy (non-hydrogen) atoms. The van der Waals surface area contributed by atoms with Gasteiger partial charge in [0.1, 0.15) is 0 Å². The lowest BCUT2D eigenvalue weighted by Gasteiger charge is -1.54. The van der Waals surface area contributed by atoms with E-state index in [1.807, 2.05) is 0 Å². The molecule has 0 aliphatic rings. The molecule has 0 saturated carbocycles. The van der Waals surface area contributed by atoms with E-state index >= 15 is 0 Å². The Morgan fingerprint density at radius 1 is 2.00 bits per heavy atom. The molecule has 0 aliphatic heterocycles. The summed E-state index contributed by atoms with van der Waals surface area (Å²) in [6.45, 7) is 0. The summed E-state index contributed by atoms with van der Waals surface area (Å²) in [6, 6.07) is 4.81. The Morgan fingerprint density at radius 3 is 2.25 bits per heavy atom. The molecule has 0 radical (unpaired) electrons. The molecule has 0 spiro atoms. The topological polar surface area (TPSA) is 20.2 Å². The van der Waals surface area contributed by atoms with Crippen molar-refractivity contribution in [3.63, 3.8) is 0 Å². The molecule has 0 unspecified atom stereocenters. The highest BCUT2D eigenvalue weighted by Gasteiger charge is 1.44. The fourth-order valence-corrected chi connectivity index (χ4v) is 0. The predicted molar refractivity (Wildman–Crippen MR) is 17.8 cm³/mol. The van der Waals surface area contributed by atoms with Crippen molar-refractivity contribution in [3.8, 4) is 6.00 Å². The molecule has 0 aromatic rings. The van der Waals surface area contributed by atoms with Crippen LogP contribution in [0.3, 0.4) is 0 Å². The molecular weight excluding hydrogens is 68.1 g/mol. The zero-order valence-corrected chi connectivity index (χ0v) is 3.23. The van der Waals surface area contributed by atoms with Gasteiger partial charge in [-0.2, -0.15) is 6.00 Å². The van der Waals surface area contributed by atoms with Crippen LogP contribution in [0.5, 0.6) is 0 Å². The van der Waals surface area contributed by atoms with Crippen LogP contribution in [0.2, 0.25) is 0 Å². The molecule has 1 nitrogen and oxygen atoms in total. The average molecular weight is 72.1 g/mol. The third kappa shape index (κ3) is 1.96. The van der Waals surface area contributed by atoms with E-state index in [0.29, 0.717) is 0 Å². The van der Waals surface area contributed by atoms with Gasteiger partial charge in [-0.3, -0.25) is 0 Å². The normalized spacial score (nSPS) is 5.00. The van der Waals surface area contributed by atoms with Crippen molar-refractivity contribution in [1.29, 1.82) is 0 Å². The Labute approximate surface area is 27.4 Å². The van der Waals surface area contributed by atoms with Crippen LogP contribution in [0.4, 0.5) is 0 Å². The molecule has 0 atom stereocenters. The molecule has 22 valence electrons. The molecule has 0 aromatic heterocycles. The summed E-state index contributed by atoms with van der Waals surface area (Å²) in [4.78, 5) is 0. The van der Waals surface area contributed by atoms with Gasteiger partial charge in [-0.1, -0.05) is 0 Å². The number of aliphatic hydroxyl groups is 1. The number of hydrogen-bond acceptors (Lipinski definition) is 1. The molecule has 0 fully saturated rings. The zero-order chi connectivity index (χ0) is 3.41. The predicted octanol–water partition coefficient (Wildman–Crippen LogP) is -0.771. The maximum Gasteiger partial charge on any atom is 0.0806 e. The Kier molecular flexibility index (Phi) is 2.93. The van der Waals surface area contributed by atoms with Crippen molar-refractivity contribution >= 4 is 8.96 Å². The van der Waals surface area contributed by atoms with Crippen LogP contribution in [0.15, 0.2) is 0 Å². The third-order valence-corrected chi connectivity index (χ3v) is 0.274. The highest BCUT2D eigenvalue weighted by molar-refractivity contribution is 6.20. The molecule has 0 aliphatic carbocycles. The van der Waals surface area contributed by atoms with Crippen molar-refractivity contribution in [1.82, 2.24) is 0 Å². The maximum absolute atomic E-state index is 7.76. The number of hydrogen-bond donors (Lipinski definition) is 1. The van der Waals surface area contributed by atoms with E-state index in [9.17, 15) is 0 Å². The minimum absolute atomic E-state index is 0.125. The van der Waals surface area contributed by atoms with Gasteiger partial charge in [0.15, 0.2) is 0 Å². The lowest BCUT2D eigenvalue weighted by atomic mass is 11.7. The van der Waals surface area contributed by atoms with Crippen molar-refractivity contribution in [2.75, 3.05) is 6.23 Å². The van der Waals surface area contributed by atoms with E-state index in [1.54, 1.807) is 0 Å². The Hall–Kier alpha value is -0.0431. The second kappa shape index (κ2) is 2.96. The zero-order valence-electron chi connectivity index (χ0n) is 2.23. The van der Waals surface area contributed by atoms with Crippen LogP contribution < -0.4 is 0 Å². The fourth-order valence-electron chi connectivity index (χ4n) is 0. The molecular formula is C2H4OSi. The molecule has 0 aromatic carbocycles. The van der Waals surface area contributed by atoms with Gasteiger partial charge in [0.2, 0.25) is 0 Å². The molecule has 1 N–H and O–H groups in total. The van der Waals surface area contributed by atoms with E-state index in [0.717, 1.165) is 0 Å². The van der Waals surface area contributed by atoms with Crippen LogP contribution in [0.25, 0.3) is 0 Å². The number of aliphatic hydroxyl groups excluding tert-OH is 1. The van der Waals surface area contributed by atoms with Crippen LogP contribution in [0.1, 0.15) is 0 Å². The molecule has 0 heterocycles. The first-order valence-electron chi connectivity index (χ1n) is 0.958. The van der Waals surface area contributed by atoms with E-state index in [-0.39, 0.29) is 15.2 Å². The van der Waals surface area contributed by atoms with Crippen molar-refractivity contribution in [3.05, 3.63) is 0 Å². The summed E-state index contributed by atoms with van der Waals surface area (Å²) in [6.07, 6.45) is 0.125. The van der Waals surface area contributed by atoms with Crippen LogP contribution >= 0.6 is 0 Å². The molecule has 0 bridgehead atoms. The summed E-state index contributed by atoms with van der Waals surface area (Å²) < 4.78 is 0. The molecule has 0 saturated heterocycles. The van der Waals surface area contributed by atoms with Gasteiger partial charge in [-0.25, -0.2) is 0 Å². The summed E-state index contributed by atoms with van der Waals surface area (Å²) in [7, 11) is 0.196. The van der Waals surface area contributed by atoms with Gasteiger partial charge in [-0.05, 0) is 0 Å². The maximum atomic E-state index is 7.76. The van der Waals surface area contributed by atoms with Crippen LogP contribution in [0, 0.1) is 6.00 Å². The lowest BCUT2D eigenvalue weighted by molar-refractivity contribution is 0.368. The quantitative estimate of drug-likeness (QED) is 0.372. The van der Waals surface area contributed by atoms with Gasteiger partial charge in [0.05, 0.1) is 6.23 Å². The van der Waals surface area contributed by atoms with Gasteiger partial charge in [0, 0.05) is 8.96 Å². The monoisotopic (exact) mass is 72.0 g/mol. The van der Waals surface area contributed by atoms with Crippen molar-refractivity contribution < 1.29 is 5.11 Å². The van der Waals surface area contributed by atoms with E-state index in [4.69, 9.17) is 11.1 Å². The summed E-state index contributed by atoms with van der Waals surface area (Å²) >= 11 is 0. The second-order valence-corrected chi connectivity index (χ2v) is 1.09. The molecule has 0 amide bonds. The lowest BCUT2D eigenvalue weighted by Crippen LogP contribution is -1.74. The highest BCUT2D eigenvalue weighted by atomic mass is 28.2.